The molecule has 16 heavy (non-hydrogen) atoms. The van der Waals surface area contributed by atoms with E-state index >= 15 is 0 Å². The second-order valence-corrected chi connectivity index (χ2v) is 4.06. The Balaban J connectivity index is 2.41. The summed E-state index contributed by atoms with van der Waals surface area (Å²) in [4.78, 5) is 12.6. The summed E-state index contributed by atoms with van der Waals surface area (Å²) < 4.78 is 1.58. The highest BCUT2D eigenvalue weighted by atomic mass is 16.6. The molecule has 2 rings (SSSR count). The number of rotatable bonds is 3. The van der Waals surface area contributed by atoms with Crippen LogP contribution in [0.25, 0.3) is 0 Å². The lowest BCUT2D eigenvalue weighted by molar-refractivity contribution is -0.384. The summed E-state index contributed by atoms with van der Waals surface area (Å²) in [6, 6.07) is 0.313. The molecular formula is C9H15N5O2. The van der Waals surface area contributed by atoms with E-state index in [2.05, 4.69) is 10.4 Å². The first-order valence-corrected chi connectivity index (χ1v) is 5.14. The summed E-state index contributed by atoms with van der Waals surface area (Å²) in [6.45, 7) is 3.38. The summed E-state index contributed by atoms with van der Waals surface area (Å²) in [5.41, 5.74) is 0.568. The van der Waals surface area contributed by atoms with Crippen LogP contribution in [0.4, 0.5) is 11.5 Å². The molecule has 1 fully saturated rings. The van der Waals surface area contributed by atoms with Gasteiger partial charge in [-0.05, 0) is 6.92 Å². The van der Waals surface area contributed by atoms with E-state index in [1.165, 1.54) is 0 Å². The lowest BCUT2D eigenvalue weighted by Gasteiger charge is -2.36. The van der Waals surface area contributed by atoms with Crippen LogP contribution >= 0.6 is 0 Å². The van der Waals surface area contributed by atoms with E-state index in [9.17, 15) is 10.1 Å². The molecule has 0 atom stereocenters. The summed E-state index contributed by atoms with van der Waals surface area (Å²) in [5, 5.41) is 18.3. The molecule has 1 N–H and O–H groups in total. The van der Waals surface area contributed by atoms with Crippen molar-refractivity contribution in [3.05, 3.63) is 15.8 Å². The monoisotopic (exact) mass is 225 g/mol. The van der Waals surface area contributed by atoms with Crippen molar-refractivity contribution in [1.82, 2.24) is 15.1 Å². The van der Waals surface area contributed by atoms with E-state index < -0.39 is 0 Å². The third-order valence-corrected chi connectivity index (χ3v) is 2.99. The first-order chi connectivity index (χ1) is 7.52. The summed E-state index contributed by atoms with van der Waals surface area (Å²) in [6.07, 6.45) is 0. The average Bonchev–Trinajstić information content (AvgIpc) is 2.37. The van der Waals surface area contributed by atoms with E-state index in [1.807, 2.05) is 11.9 Å². The van der Waals surface area contributed by atoms with Crippen LogP contribution in [-0.4, -0.2) is 40.9 Å². The van der Waals surface area contributed by atoms with E-state index in [0.717, 1.165) is 13.1 Å². The molecule has 0 saturated carbocycles. The highest BCUT2D eigenvalue weighted by Gasteiger charge is 2.32. The number of anilines is 1. The van der Waals surface area contributed by atoms with Crippen LogP contribution in [0.3, 0.4) is 0 Å². The number of aryl methyl sites for hydroxylation is 2. The van der Waals surface area contributed by atoms with Gasteiger partial charge in [-0.15, -0.1) is 0 Å². The van der Waals surface area contributed by atoms with Crippen LogP contribution in [0.1, 0.15) is 5.69 Å². The molecule has 1 saturated heterocycles. The van der Waals surface area contributed by atoms with Gasteiger partial charge in [-0.25, -0.2) is 4.68 Å². The number of aromatic nitrogens is 2. The van der Waals surface area contributed by atoms with Crippen LogP contribution in [-0.2, 0) is 7.05 Å². The molecule has 0 spiro atoms. The van der Waals surface area contributed by atoms with Gasteiger partial charge in [-0.2, -0.15) is 5.10 Å². The first kappa shape index (κ1) is 10.9. The van der Waals surface area contributed by atoms with E-state index in [1.54, 1.807) is 18.7 Å². The second-order valence-electron chi connectivity index (χ2n) is 4.06. The molecule has 7 heteroatoms. The molecule has 7 nitrogen and oxygen atoms in total. The van der Waals surface area contributed by atoms with Crippen molar-refractivity contribution >= 4 is 11.5 Å². The molecule has 0 amide bonds. The minimum atomic E-state index is -0.361. The fraction of sp³-hybridized carbons (Fsp3) is 0.667. The number of nitrogens with one attached hydrogen (secondary N) is 1. The van der Waals surface area contributed by atoms with Crippen LogP contribution in [0.15, 0.2) is 0 Å². The van der Waals surface area contributed by atoms with Crippen LogP contribution < -0.4 is 10.2 Å². The molecule has 0 radical (unpaired) electrons. The molecule has 1 aromatic heterocycles. The van der Waals surface area contributed by atoms with Gasteiger partial charge < -0.3 is 10.2 Å². The molecule has 0 bridgehead atoms. The van der Waals surface area contributed by atoms with Gasteiger partial charge in [0, 0.05) is 27.2 Å². The summed E-state index contributed by atoms with van der Waals surface area (Å²) >= 11 is 0. The Morgan fingerprint density at radius 2 is 2.25 bits per heavy atom. The van der Waals surface area contributed by atoms with Gasteiger partial charge in [0.15, 0.2) is 0 Å². The quantitative estimate of drug-likeness (QED) is 0.581. The minimum Gasteiger partial charge on any atom is -0.349 e. The van der Waals surface area contributed by atoms with Gasteiger partial charge >= 0.3 is 5.69 Å². The first-order valence-electron chi connectivity index (χ1n) is 5.14. The molecule has 2 heterocycles. The zero-order valence-electron chi connectivity index (χ0n) is 9.60. The Morgan fingerprint density at radius 3 is 2.69 bits per heavy atom. The van der Waals surface area contributed by atoms with E-state index in [4.69, 9.17) is 0 Å². The van der Waals surface area contributed by atoms with Crippen molar-refractivity contribution in [3.8, 4) is 0 Å². The zero-order chi connectivity index (χ0) is 11.9. The third-order valence-electron chi connectivity index (χ3n) is 2.99. The smallest absolute Gasteiger partial charge is 0.333 e. The fourth-order valence-electron chi connectivity index (χ4n) is 1.96. The van der Waals surface area contributed by atoms with Crippen molar-refractivity contribution in [1.29, 1.82) is 0 Å². The highest BCUT2D eigenvalue weighted by Crippen LogP contribution is 2.31. The number of nitro groups is 1. The predicted molar refractivity (Wildman–Crippen MR) is 59.7 cm³/mol. The SMILES string of the molecule is Cc1nn(C)c(N(C)C2CNC2)c1[N+](=O)[O-]. The standard InChI is InChI=1S/C9H15N5O2/c1-6-8(14(15)16)9(13(3)11-6)12(2)7-4-10-5-7/h7,10H,4-5H2,1-3H3. The molecule has 0 aliphatic carbocycles. The molecule has 1 aromatic rings. The molecule has 1 aliphatic rings. The minimum absolute atomic E-state index is 0.108. The second kappa shape index (κ2) is 3.75. The van der Waals surface area contributed by atoms with Gasteiger partial charge in [-0.3, -0.25) is 10.1 Å². The summed E-state index contributed by atoms with van der Waals surface area (Å²) in [5.74, 6) is 0.578. The molecule has 88 valence electrons. The van der Waals surface area contributed by atoms with Gasteiger partial charge in [0.1, 0.15) is 5.69 Å². The van der Waals surface area contributed by atoms with Crippen LogP contribution in [0.5, 0.6) is 0 Å². The van der Waals surface area contributed by atoms with Crippen molar-refractivity contribution < 1.29 is 4.92 Å². The van der Waals surface area contributed by atoms with Gasteiger partial charge in [0.25, 0.3) is 0 Å². The van der Waals surface area contributed by atoms with E-state index in [0.29, 0.717) is 17.6 Å². The Bertz CT molecular complexity index is 424. The molecule has 1 aliphatic heterocycles. The molecular weight excluding hydrogens is 210 g/mol. The van der Waals surface area contributed by atoms with Gasteiger partial charge in [0.2, 0.25) is 5.82 Å². The Hall–Kier alpha value is -1.63. The Labute approximate surface area is 93.2 Å². The summed E-state index contributed by atoms with van der Waals surface area (Å²) in [7, 11) is 3.60. The maximum atomic E-state index is 11.0. The Kier molecular flexibility index (Phi) is 2.55. The van der Waals surface area contributed by atoms with Crippen LogP contribution in [0.2, 0.25) is 0 Å². The number of nitrogens with zero attached hydrogens (tertiary/aromatic N) is 4. The number of hydrogen-bond donors (Lipinski definition) is 1. The van der Waals surface area contributed by atoms with Crippen molar-refractivity contribution in [2.45, 2.75) is 13.0 Å². The maximum absolute atomic E-state index is 11.0. The van der Waals surface area contributed by atoms with Gasteiger partial charge in [0.05, 0.1) is 11.0 Å². The third kappa shape index (κ3) is 1.53. The van der Waals surface area contributed by atoms with Crippen molar-refractivity contribution in [2.24, 2.45) is 7.05 Å². The zero-order valence-corrected chi connectivity index (χ0v) is 9.60. The van der Waals surface area contributed by atoms with Crippen molar-refractivity contribution in [2.75, 3.05) is 25.0 Å². The highest BCUT2D eigenvalue weighted by molar-refractivity contribution is 5.61. The van der Waals surface area contributed by atoms with Crippen molar-refractivity contribution in [3.63, 3.8) is 0 Å². The largest absolute Gasteiger partial charge is 0.349 e. The van der Waals surface area contributed by atoms with E-state index in [-0.39, 0.29) is 10.6 Å². The lowest BCUT2D eigenvalue weighted by Crippen LogP contribution is -2.56. The predicted octanol–water partition coefficient (Wildman–Crippen LogP) is 0.0447. The maximum Gasteiger partial charge on any atom is 0.333 e. The Morgan fingerprint density at radius 1 is 1.62 bits per heavy atom. The van der Waals surface area contributed by atoms with Gasteiger partial charge in [-0.1, -0.05) is 0 Å². The number of hydrogen-bond acceptors (Lipinski definition) is 5. The average molecular weight is 225 g/mol. The molecule has 0 aromatic carbocycles. The topological polar surface area (TPSA) is 76.2 Å². The number of likely N-dealkylation sites (N-methyl/N-ethyl adjacent to an activating group) is 1. The lowest BCUT2D eigenvalue weighted by atomic mass is 10.1. The fourth-order valence-corrected chi connectivity index (χ4v) is 1.96. The normalized spacial score (nSPS) is 15.9. The molecule has 0 unspecified atom stereocenters. The van der Waals surface area contributed by atoms with Crippen LogP contribution in [0, 0.1) is 17.0 Å².